The number of nitro groups is 1. The molecule has 1 aliphatic rings. The zero-order valence-corrected chi connectivity index (χ0v) is 12.4. The van der Waals surface area contributed by atoms with Gasteiger partial charge in [0.15, 0.2) is 0 Å². The number of carbonyl (C=O) groups excluding carboxylic acids is 1. The van der Waals surface area contributed by atoms with E-state index in [1.807, 2.05) is 0 Å². The van der Waals surface area contributed by atoms with Crippen LogP contribution < -0.4 is 0 Å². The molecule has 0 saturated heterocycles. The molecule has 0 spiro atoms. The third-order valence-corrected chi connectivity index (χ3v) is 3.42. The summed E-state index contributed by atoms with van der Waals surface area (Å²) < 4.78 is 27.3. The number of alkyl halides is 2. The lowest BCUT2D eigenvalue weighted by Gasteiger charge is -2.31. The standard InChI is InChI=1S/C12H15F2N5O4/c1-7(5-17-6-9(4-15-17)19(22)23)10(20)18-12(21,11(13)14)3-8(2)16-18/h4,6-7,11,21H,3,5H2,1-2H3. The number of aromatic nitrogens is 2. The Kier molecular flexibility index (Phi) is 4.41. The minimum Gasteiger partial charge on any atom is -0.364 e. The van der Waals surface area contributed by atoms with Gasteiger partial charge in [-0.05, 0) is 6.92 Å². The van der Waals surface area contributed by atoms with E-state index in [2.05, 4.69) is 10.2 Å². The van der Waals surface area contributed by atoms with Gasteiger partial charge in [-0.2, -0.15) is 15.2 Å². The van der Waals surface area contributed by atoms with Crippen molar-refractivity contribution >= 4 is 17.3 Å². The summed E-state index contributed by atoms with van der Waals surface area (Å²) in [6.07, 6.45) is -1.46. The molecule has 0 saturated carbocycles. The Balaban J connectivity index is 2.13. The smallest absolute Gasteiger partial charge is 0.306 e. The van der Waals surface area contributed by atoms with Gasteiger partial charge in [-0.15, -0.1) is 0 Å². The van der Waals surface area contributed by atoms with Crippen LogP contribution in [0.4, 0.5) is 14.5 Å². The van der Waals surface area contributed by atoms with E-state index < -0.39 is 35.3 Å². The maximum absolute atomic E-state index is 13.1. The van der Waals surface area contributed by atoms with E-state index >= 15 is 0 Å². The summed E-state index contributed by atoms with van der Waals surface area (Å²) in [6.45, 7) is 2.80. The summed E-state index contributed by atoms with van der Waals surface area (Å²) in [5, 5.41) is 28.4. The summed E-state index contributed by atoms with van der Waals surface area (Å²) in [5.41, 5.74) is -2.70. The normalized spacial score (nSPS) is 22.3. The van der Waals surface area contributed by atoms with Crippen molar-refractivity contribution in [1.29, 1.82) is 0 Å². The van der Waals surface area contributed by atoms with Crippen LogP contribution in [0.3, 0.4) is 0 Å². The molecule has 0 fully saturated rings. The van der Waals surface area contributed by atoms with E-state index in [1.165, 1.54) is 13.8 Å². The van der Waals surface area contributed by atoms with E-state index in [0.29, 0.717) is 5.01 Å². The van der Waals surface area contributed by atoms with Crippen molar-refractivity contribution < 1.29 is 23.6 Å². The lowest BCUT2D eigenvalue weighted by Crippen LogP contribution is -2.53. The zero-order valence-electron chi connectivity index (χ0n) is 12.4. The number of hydrogen-bond donors (Lipinski definition) is 1. The monoisotopic (exact) mass is 331 g/mol. The third kappa shape index (κ3) is 3.18. The predicted octanol–water partition coefficient (Wildman–Crippen LogP) is 0.989. The number of rotatable bonds is 5. The summed E-state index contributed by atoms with van der Waals surface area (Å²) in [5.74, 6) is -1.68. The topological polar surface area (TPSA) is 114 Å². The van der Waals surface area contributed by atoms with Gasteiger partial charge in [0.05, 0.1) is 17.4 Å². The summed E-state index contributed by atoms with van der Waals surface area (Å²) in [6, 6.07) is 0. The highest BCUT2D eigenvalue weighted by molar-refractivity contribution is 5.89. The second-order valence-electron chi connectivity index (χ2n) is 5.42. The average molecular weight is 331 g/mol. The highest BCUT2D eigenvalue weighted by atomic mass is 19.3. The lowest BCUT2D eigenvalue weighted by molar-refractivity contribution is -0.385. The Hall–Kier alpha value is -2.43. The quantitative estimate of drug-likeness (QED) is 0.638. The van der Waals surface area contributed by atoms with E-state index in [1.54, 1.807) is 0 Å². The first-order valence-electron chi connectivity index (χ1n) is 6.70. The third-order valence-electron chi connectivity index (χ3n) is 3.42. The molecule has 1 aliphatic heterocycles. The Morgan fingerprint density at radius 3 is 2.78 bits per heavy atom. The minimum absolute atomic E-state index is 0.0724. The largest absolute Gasteiger partial charge is 0.364 e. The van der Waals surface area contributed by atoms with Crippen LogP contribution >= 0.6 is 0 Å². The van der Waals surface area contributed by atoms with Gasteiger partial charge in [-0.25, -0.2) is 8.78 Å². The van der Waals surface area contributed by atoms with Gasteiger partial charge in [0.1, 0.15) is 12.4 Å². The van der Waals surface area contributed by atoms with Crippen molar-refractivity contribution in [2.24, 2.45) is 11.0 Å². The van der Waals surface area contributed by atoms with Crippen LogP contribution in [0.2, 0.25) is 0 Å². The molecule has 2 heterocycles. The number of nitrogens with zero attached hydrogens (tertiary/aromatic N) is 5. The number of carbonyl (C=O) groups is 1. The Labute approximate surface area is 129 Å². The predicted molar refractivity (Wildman–Crippen MR) is 73.6 cm³/mol. The van der Waals surface area contributed by atoms with Crippen LogP contribution in [0.5, 0.6) is 0 Å². The molecule has 1 aromatic rings. The van der Waals surface area contributed by atoms with E-state index in [0.717, 1.165) is 17.1 Å². The second-order valence-corrected chi connectivity index (χ2v) is 5.42. The van der Waals surface area contributed by atoms with Gasteiger partial charge in [-0.3, -0.25) is 19.6 Å². The van der Waals surface area contributed by atoms with Crippen molar-refractivity contribution in [2.75, 3.05) is 0 Å². The first kappa shape index (κ1) is 16.9. The maximum atomic E-state index is 13.1. The Bertz CT molecular complexity index is 662. The summed E-state index contributed by atoms with van der Waals surface area (Å²) in [4.78, 5) is 22.2. The number of halogens is 2. The maximum Gasteiger partial charge on any atom is 0.306 e. The van der Waals surface area contributed by atoms with E-state index in [-0.39, 0.29) is 17.9 Å². The molecule has 0 radical (unpaired) electrons. The van der Waals surface area contributed by atoms with Crippen molar-refractivity contribution in [1.82, 2.24) is 14.8 Å². The zero-order chi connectivity index (χ0) is 17.4. The molecule has 1 amide bonds. The van der Waals surface area contributed by atoms with Gasteiger partial charge in [0.25, 0.3) is 6.43 Å². The molecule has 23 heavy (non-hydrogen) atoms. The molecule has 1 N–H and O–H groups in total. The highest BCUT2D eigenvalue weighted by Gasteiger charge is 2.51. The van der Waals surface area contributed by atoms with E-state index in [9.17, 15) is 28.8 Å². The van der Waals surface area contributed by atoms with Gasteiger partial charge >= 0.3 is 5.69 Å². The first-order chi connectivity index (χ1) is 10.6. The van der Waals surface area contributed by atoms with Gasteiger partial charge in [0.2, 0.25) is 11.6 Å². The van der Waals surface area contributed by atoms with Gasteiger partial charge < -0.3 is 5.11 Å². The van der Waals surface area contributed by atoms with Crippen molar-refractivity contribution in [3.63, 3.8) is 0 Å². The molecule has 126 valence electrons. The van der Waals surface area contributed by atoms with Crippen LogP contribution in [0.15, 0.2) is 17.5 Å². The second kappa shape index (κ2) is 5.99. The molecule has 11 heteroatoms. The average Bonchev–Trinajstić information content (AvgIpc) is 3.03. The first-order valence-corrected chi connectivity index (χ1v) is 6.70. The van der Waals surface area contributed by atoms with Crippen LogP contribution in [0.1, 0.15) is 20.3 Å². The summed E-state index contributed by atoms with van der Waals surface area (Å²) >= 11 is 0. The molecule has 1 aromatic heterocycles. The fourth-order valence-electron chi connectivity index (χ4n) is 2.27. The number of hydrogen-bond acceptors (Lipinski definition) is 6. The van der Waals surface area contributed by atoms with Crippen molar-refractivity contribution in [3.05, 3.63) is 22.5 Å². The molecule has 2 atom stereocenters. The Morgan fingerprint density at radius 2 is 2.26 bits per heavy atom. The van der Waals surface area contributed by atoms with Crippen molar-refractivity contribution in [2.45, 2.75) is 39.0 Å². The fourth-order valence-corrected chi connectivity index (χ4v) is 2.27. The minimum atomic E-state index is -3.18. The molecule has 2 unspecified atom stereocenters. The molecule has 0 aromatic carbocycles. The van der Waals surface area contributed by atoms with Crippen LogP contribution in [-0.2, 0) is 11.3 Å². The highest BCUT2D eigenvalue weighted by Crippen LogP contribution is 2.32. The molecular formula is C12H15F2N5O4. The number of amides is 1. The SMILES string of the molecule is CC1=NN(C(=O)C(C)Cn2cc([N+](=O)[O-])cn2)C(O)(C(F)F)C1. The van der Waals surface area contributed by atoms with Crippen molar-refractivity contribution in [3.8, 4) is 0 Å². The number of hydrazone groups is 1. The molecule has 0 bridgehead atoms. The molecular weight excluding hydrogens is 316 g/mol. The molecule has 0 aliphatic carbocycles. The van der Waals surface area contributed by atoms with Crippen LogP contribution in [0.25, 0.3) is 0 Å². The Morgan fingerprint density at radius 1 is 1.61 bits per heavy atom. The van der Waals surface area contributed by atoms with E-state index in [4.69, 9.17) is 0 Å². The van der Waals surface area contributed by atoms with Gasteiger partial charge in [0, 0.05) is 12.1 Å². The fraction of sp³-hybridized carbons (Fsp3) is 0.583. The lowest BCUT2D eigenvalue weighted by atomic mass is 10.1. The van der Waals surface area contributed by atoms with Crippen LogP contribution in [0, 0.1) is 16.0 Å². The number of aliphatic hydroxyl groups is 1. The molecule has 9 nitrogen and oxygen atoms in total. The van der Waals surface area contributed by atoms with Crippen LogP contribution in [-0.4, -0.2) is 48.6 Å². The van der Waals surface area contributed by atoms with Gasteiger partial charge in [-0.1, -0.05) is 6.92 Å². The molecule has 2 rings (SSSR count). The summed E-state index contributed by atoms with van der Waals surface area (Å²) in [7, 11) is 0.